The number of methoxy groups -OCH3 is 1. The standard InChI is InChI=1S/C17H23N3O2/c1-4-19(5-2)12-13-20-17(21)11-10-15(18-20)14-8-6-7-9-16(14)22-3/h6-11H,4-5,12-13H2,1-3H3/p+1. The van der Waals surface area contributed by atoms with Gasteiger partial charge in [-0.3, -0.25) is 4.79 Å². The molecule has 0 saturated heterocycles. The predicted molar refractivity (Wildman–Crippen MR) is 87.4 cm³/mol. The van der Waals surface area contributed by atoms with E-state index in [9.17, 15) is 4.79 Å². The van der Waals surface area contributed by atoms with Crippen LogP contribution in [0.4, 0.5) is 0 Å². The predicted octanol–water partition coefficient (Wildman–Crippen LogP) is 0.844. The molecule has 1 aromatic heterocycles. The maximum absolute atomic E-state index is 12.0. The van der Waals surface area contributed by atoms with E-state index in [-0.39, 0.29) is 5.56 Å². The molecule has 0 aliphatic carbocycles. The molecular formula is C17H24N3O2+. The van der Waals surface area contributed by atoms with Gasteiger partial charge in [0, 0.05) is 11.6 Å². The monoisotopic (exact) mass is 302 g/mol. The van der Waals surface area contributed by atoms with Crippen molar-refractivity contribution in [1.82, 2.24) is 9.78 Å². The fourth-order valence-electron chi connectivity index (χ4n) is 2.48. The average molecular weight is 302 g/mol. The molecule has 0 bridgehead atoms. The summed E-state index contributed by atoms with van der Waals surface area (Å²) in [5.74, 6) is 0.759. The SMILES string of the molecule is CC[NH+](CC)CCn1nc(-c2ccccc2OC)ccc1=O. The topological polar surface area (TPSA) is 48.6 Å². The fraction of sp³-hybridized carbons (Fsp3) is 0.412. The minimum absolute atomic E-state index is 0.0646. The average Bonchev–Trinajstić information content (AvgIpc) is 2.57. The lowest BCUT2D eigenvalue weighted by Gasteiger charge is -2.16. The van der Waals surface area contributed by atoms with E-state index in [2.05, 4.69) is 18.9 Å². The van der Waals surface area contributed by atoms with Crippen molar-refractivity contribution in [1.29, 1.82) is 0 Å². The van der Waals surface area contributed by atoms with Crippen LogP contribution in [0.15, 0.2) is 41.2 Å². The molecule has 22 heavy (non-hydrogen) atoms. The highest BCUT2D eigenvalue weighted by Gasteiger charge is 2.10. The molecule has 1 aromatic carbocycles. The number of likely N-dealkylation sites (N-methyl/N-ethyl adjacent to an activating group) is 1. The summed E-state index contributed by atoms with van der Waals surface area (Å²) < 4.78 is 6.92. The molecule has 1 heterocycles. The van der Waals surface area contributed by atoms with Gasteiger partial charge in [-0.25, -0.2) is 4.68 Å². The first-order chi connectivity index (χ1) is 10.7. The van der Waals surface area contributed by atoms with Gasteiger partial charge in [-0.2, -0.15) is 5.10 Å². The number of aromatic nitrogens is 2. The zero-order chi connectivity index (χ0) is 15.9. The second kappa shape index (κ2) is 7.75. The number of hydrogen-bond acceptors (Lipinski definition) is 3. The summed E-state index contributed by atoms with van der Waals surface area (Å²) in [6, 6.07) is 11.0. The molecule has 2 aromatic rings. The molecule has 0 fully saturated rings. The van der Waals surface area contributed by atoms with Crippen molar-refractivity contribution in [3.63, 3.8) is 0 Å². The van der Waals surface area contributed by atoms with E-state index < -0.39 is 0 Å². The van der Waals surface area contributed by atoms with Crippen LogP contribution < -0.4 is 15.2 Å². The van der Waals surface area contributed by atoms with E-state index in [0.29, 0.717) is 6.54 Å². The molecule has 5 heteroatoms. The Balaban J connectivity index is 2.28. The first kappa shape index (κ1) is 16.2. The highest BCUT2D eigenvalue weighted by molar-refractivity contribution is 5.66. The minimum Gasteiger partial charge on any atom is -0.496 e. The molecule has 0 unspecified atom stereocenters. The van der Waals surface area contributed by atoms with Gasteiger partial charge >= 0.3 is 0 Å². The lowest BCUT2D eigenvalue weighted by Crippen LogP contribution is -3.11. The van der Waals surface area contributed by atoms with Crippen LogP contribution in [0.1, 0.15) is 13.8 Å². The molecule has 5 nitrogen and oxygen atoms in total. The Labute approximate surface area is 131 Å². The largest absolute Gasteiger partial charge is 0.496 e. The van der Waals surface area contributed by atoms with Crippen LogP contribution in [0, 0.1) is 0 Å². The van der Waals surface area contributed by atoms with Crippen LogP contribution >= 0.6 is 0 Å². The van der Waals surface area contributed by atoms with Crippen molar-refractivity contribution in [3.05, 3.63) is 46.8 Å². The third kappa shape index (κ3) is 3.74. The maximum Gasteiger partial charge on any atom is 0.266 e. The summed E-state index contributed by atoms with van der Waals surface area (Å²) in [7, 11) is 1.64. The van der Waals surface area contributed by atoms with Gasteiger partial charge in [-0.15, -0.1) is 0 Å². The zero-order valence-corrected chi connectivity index (χ0v) is 13.5. The Morgan fingerprint density at radius 2 is 1.86 bits per heavy atom. The van der Waals surface area contributed by atoms with Crippen molar-refractivity contribution in [2.45, 2.75) is 20.4 Å². The Bertz CT molecular complexity index is 663. The summed E-state index contributed by atoms with van der Waals surface area (Å²) in [5, 5.41) is 4.50. The molecule has 0 aliphatic heterocycles. The van der Waals surface area contributed by atoms with Crippen LogP contribution in [-0.2, 0) is 6.54 Å². The van der Waals surface area contributed by atoms with Gasteiger partial charge < -0.3 is 9.64 Å². The van der Waals surface area contributed by atoms with Gasteiger partial charge in [0.05, 0.1) is 39.0 Å². The molecule has 0 saturated carbocycles. The molecule has 0 amide bonds. The van der Waals surface area contributed by atoms with Crippen LogP contribution in [0.3, 0.4) is 0 Å². The Morgan fingerprint density at radius 3 is 2.55 bits per heavy atom. The molecule has 0 spiro atoms. The second-order valence-electron chi connectivity index (χ2n) is 5.19. The molecule has 1 N–H and O–H groups in total. The summed E-state index contributed by atoms with van der Waals surface area (Å²) in [5.41, 5.74) is 1.59. The van der Waals surface area contributed by atoms with Gasteiger partial charge in [0.25, 0.3) is 5.56 Å². The summed E-state index contributed by atoms with van der Waals surface area (Å²) >= 11 is 0. The quantitative estimate of drug-likeness (QED) is 0.825. The van der Waals surface area contributed by atoms with Crippen LogP contribution in [0.2, 0.25) is 0 Å². The van der Waals surface area contributed by atoms with Gasteiger partial charge in [0.2, 0.25) is 0 Å². The Kier molecular flexibility index (Phi) is 5.72. The minimum atomic E-state index is -0.0646. The highest BCUT2D eigenvalue weighted by atomic mass is 16.5. The lowest BCUT2D eigenvalue weighted by molar-refractivity contribution is -0.897. The van der Waals surface area contributed by atoms with E-state index in [0.717, 1.165) is 36.6 Å². The highest BCUT2D eigenvalue weighted by Crippen LogP contribution is 2.26. The van der Waals surface area contributed by atoms with E-state index in [1.54, 1.807) is 23.9 Å². The molecule has 0 atom stereocenters. The van der Waals surface area contributed by atoms with Gasteiger partial charge in [-0.05, 0) is 32.0 Å². The Morgan fingerprint density at radius 1 is 1.14 bits per heavy atom. The molecule has 0 aliphatic rings. The Hall–Kier alpha value is -2.14. The van der Waals surface area contributed by atoms with Crippen LogP contribution in [-0.4, -0.2) is 36.5 Å². The summed E-state index contributed by atoms with van der Waals surface area (Å²) in [4.78, 5) is 13.5. The molecule has 118 valence electrons. The molecule has 2 rings (SSSR count). The number of quaternary nitrogens is 1. The smallest absolute Gasteiger partial charge is 0.266 e. The fourth-order valence-corrected chi connectivity index (χ4v) is 2.48. The molecular weight excluding hydrogens is 278 g/mol. The lowest BCUT2D eigenvalue weighted by atomic mass is 10.1. The van der Waals surface area contributed by atoms with Crippen molar-refractivity contribution in [3.8, 4) is 17.0 Å². The summed E-state index contributed by atoms with van der Waals surface area (Å²) in [6.07, 6.45) is 0. The third-order valence-corrected chi connectivity index (χ3v) is 3.93. The summed E-state index contributed by atoms with van der Waals surface area (Å²) in [6.45, 7) is 7.93. The van der Waals surface area contributed by atoms with E-state index in [1.807, 2.05) is 24.3 Å². The number of para-hydroxylation sites is 1. The van der Waals surface area contributed by atoms with Gasteiger partial charge in [0.15, 0.2) is 0 Å². The number of ether oxygens (including phenoxy) is 1. The second-order valence-corrected chi connectivity index (χ2v) is 5.19. The number of benzene rings is 1. The van der Waals surface area contributed by atoms with Gasteiger partial charge in [-0.1, -0.05) is 12.1 Å². The van der Waals surface area contributed by atoms with Crippen molar-refractivity contribution in [2.24, 2.45) is 0 Å². The first-order valence-electron chi connectivity index (χ1n) is 7.74. The normalized spacial score (nSPS) is 10.9. The van der Waals surface area contributed by atoms with Crippen molar-refractivity contribution in [2.75, 3.05) is 26.7 Å². The number of rotatable bonds is 7. The van der Waals surface area contributed by atoms with Gasteiger partial charge in [0.1, 0.15) is 5.75 Å². The number of nitrogens with zero attached hydrogens (tertiary/aromatic N) is 2. The molecule has 0 radical (unpaired) electrons. The number of nitrogens with one attached hydrogen (secondary N) is 1. The zero-order valence-electron chi connectivity index (χ0n) is 13.5. The van der Waals surface area contributed by atoms with Crippen molar-refractivity contribution < 1.29 is 9.64 Å². The van der Waals surface area contributed by atoms with Crippen LogP contribution in [0.25, 0.3) is 11.3 Å². The van der Waals surface area contributed by atoms with E-state index in [4.69, 9.17) is 4.74 Å². The van der Waals surface area contributed by atoms with Crippen LogP contribution in [0.5, 0.6) is 5.75 Å². The van der Waals surface area contributed by atoms with E-state index in [1.165, 1.54) is 4.90 Å². The third-order valence-electron chi connectivity index (χ3n) is 3.93. The maximum atomic E-state index is 12.0. The first-order valence-corrected chi connectivity index (χ1v) is 7.74. The van der Waals surface area contributed by atoms with Crippen molar-refractivity contribution >= 4 is 0 Å². The number of hydrogen-bond donors (Lipinski definition) is 1. The van der Waals surface area contributed by atoms with E-state index >= 15 is 0 Å².